The molecule has 4 aliphatic rings. The minimum absolute atomic E-state index is 0.175. The first-order valence-corrected chi connectivity index (χ1v) is 12.9. The Bertz CT molecular complexity index is 1070. The fourth-order valence-electron chi connectivity index (χ4n) is 7.09. The van der Waals surface area contributed by atoms with Crippen LogP contribution in [-0.4, -0.2) is 26.1 Å². The molecule has 4 bridgehead atoms. The predicted molar refractivity (Wildman–Crippen MR) is 138 cm³/mol. The lowest BCUT2D eigenvalue weighted by molar-refractivity contribution is -0.150. The van der Waals surface area contributed by atoms with Crippen LogP contribution in [0.15, 0.2) is 42.5 Å². The second-order valence-electron chi connectivity index (χ2n) is 11.0. The van der Waals surface area contributed by atoms with Gasteiger partial charge in [-0.2, -0.15) is 0 Å². The first kappa shape index (κ1) is 24.1. The molecule has 186 valence electrons. The van der Waals surface area contributed by atoms with E-state index < -0.39 is 5.91 Å². The van der Waals surface area contributed by atoms with E-state index in [0.717, 1.165) is 29.1 Å². The van der Waals surface area contributed by atoms with E-state index in [2.05, 4.69) is 31.2 Å². The summed E-state index contributed by atoms with van der Waals surface area (Å²) >= 11 is 0. The van der Waals surface area contributed by atoms with Crippen molar-refractivity contribution in [3.8, 4) is 5.75 Å². The lowest BCUT2D eigenvalue weighted by Crippen LogP contribution is -2.48. The number of rotatable bonds is 9. The molecule has 2 aromatic rings. The standard InChI is InChI=1S/C30H37NO4/c1-19(10-21-4-6-25(7-5-21)29(31)32)26-8-9-28(35-18-34-20(2)33-3)27(14-26)30-15-22-11-23(16-30)13-24(12-22)17-30/h4-10,14,20,22-24H,11-13,15-18H2,1-3H3,(H2,31,32). The second-order valence-corrected chi connectivity index (χ2v) is 11.0. The number of amides is 1. The van der Waals surface area contributed by atoms with Crippen molar-refractivity contribution in [3.63, 3.8) is 0 Å². The van der Waals surface area contributed by atoms with Crippen molar-refractivity contribution in [1.82, 2.24) is 0 Å². The highest BCUT2D eigenvalue weighted by Gasteiger charge is 2.52. The highest BCUT2D eigenvalue weighted by Crippen LogP contribution is 2.62. The van der Waals surface area contributed by atoms with Crippen LogP contribution in [0.25, 0.3) is 11.6 Å². The van der Waals surface area contributed by atoms with Gasteiger partial charge in [-0.3, -0.25) is 4.79 Å². The molecule has 0 saturated heterocycles. The van der Waals surface area contributed by atoms with Crippen LogP contribution in [0.2, 0.25) is 0 Å². The van der Waals surface area contributed by atoms with Crippen LogP contribution in [0, 0.1) is 17.8 Å². The van der Waals surface area contributed by atoms with E-state index in [1.807, 2.05) is 19.1 Å². The van der Waals surface area contributed by atoms with Crippen LogP contribution in [-0.2, 0) is 14.9 Å². The molecule has 1 atom stereocenters. The fourth-order valence-corrected chi connectivity index (χ4v) is 7.09. The summed E-state index contributed by atoms with van der Waals surface area (Å²) in [4.78, 5) is 11.4. The molecule has 0 heterocycles. The van der Waals surface area contributed by atoms with Crippen molar-refractivity contribution < 1.29 is 19.0 Å². The SMILES string of the molecule is COC(C)OCOc1ccc(C(C)=Cc2ccc(C(N)=O)cc2)cc1C12CC3CC(CC(C3)C1)C2. The number of carbonyl (C=O) groups is 1. The summed E-state index contributed by atoms with van der Waals surface area (Å²) < 4.78 is 17.1. The van der Waals surface area contributed by atoms with Gasteiger partial charge in [0.05, 0.1) is 0 Å². The first-order chi connectivity index (χ1) is 16.8. The number of allylic oxidation sites excluding steroid dienone is 1. The van der Waals surface area contributed by atoms with Gasteiger partial charge in [-0.1, -0.05) is 24.3 Å². The van der Waals surface area contributed by atoms with E-state index in [4.69, 9.17) is 19.9 Å². The predicted octanol–water partition coefficient (Wildman–Crippen LogP) is 6.16. The Morgan fingerprint density at radius 3 is 2.20 bits per heavy atom. The molecule has 4 saturated carbocycles. The van der Waals surface area contributed by atoms with E-state index in [-0.39, 0.29) is 18.5 Å². The molecule has 1 amide bonds. The Balaban J connectivity index is 1.46. The molecule has 6 rings (SSSR count). The molecular formula is C30H37NO4. The van der Waals surface area contributed by atoms with Gasteiger partial charge in [-0.05, 0) is 117 Å². The van der Waals surface area contributed by atoms with Gasteiger partial charge in [0, 0.05) is 18.2 Å². The fraction of sp³-hybridized carbons (Fsp3) is 0.500. The Labute approximate surface area is 208 Å². The van der Waals surface area contributed by atoms with Crippen molar-refractivity contribution >= 4 is 17.6 Å². The molecule has 4 fully saturated rings. The third kappa shape index (κ3) is 5.03. The van der Waals surface area contributed by atoms with Gasteiger partial charge in [0.1, 0.15) is 5.75 Å². The lowest BCUT2D eigenvalue weighted by Gasteiger charge is -2.57. The first-order valence-electron chi connectivity index (χ1n) is 12.9. The van der Waals surface area contributed by atoms with Crippen molar-refractivity contribution in [3.05, 3.63) is 64.7 Å². The number of primary amides is 1. The highest BCUT2D eigenvalue weighted by atomic mass is 16.7. The summed E-state index contributed by atoms with van der Waals surface area (Å²) in [5.41, 5.74) is 10.9. The van der Waals surface area contributed by atoms with Crippen molar-refractivity contribution in [2.75, 3.05) is 13.9 Å². The second kappa shape index (κ2) is 9.79. The number of nitrogens with two attached hydrogens (primary N) is 1. The number of benzene rings is 2. The Morgan fingerprint density at radius 2 is 1.63 bits per heavy atom. The molecule has 5 heteroatoms. The molecule has 0 spiro atoms. The zero-order valence-corrected chi connectivity index (χ0v) is 21.1. The minimum Gasteiger partial charge on any atom is -0.467 e. The van der Waals surface area contributed by atoms with Gasteiger partial charge in [-0.15, -0.1) is 0 Å². The van der Waals surface area contributed by atoms with Crippen molar-refractivity contribution in [2.45, 2.75) is 64.1 Å². The molecule has 2 aromatic carbocycles. The largest absolute Gasteiger partial charge is 0.467 e. The van der Waals surface area contributed by atoms with Crippen molar-refractivity contribution in [2.24, 2.45) is 23.5 Å². The van der Waals surface area contributed by atoms with Gasteiger partial charge in [0.15, 0.2) is 13.1 Å². The molecule has 5 nitrogen and oxygen atoms in total. The smallest absolute Gasteiger partial charge is 0.248 e. The van der Waals surface area contributed by atoms with Crippen molar-refractivity contribution in [1.29, 1.82) is 0 Å². The van der Waals surface area contributed by atoms with E-state index >= 15 is 0 Å². The Hall–Kier alpha value is -2.63. The molecule has 0 aliphatic heterocycles. The molecule has 2 N–H and O–H groups in total. The minimum atomic E-state index is -0.406. The highest BCUT2D eigenvalue weighted by molar-refractivity contribution is 5.93. The van der Waals surface area contributed by atoms with Crippen LogP contribution < -0.4 is 10.5 Å². The third-order valence-corrected chi connectivity index (χ3v) is 8.47. The van der Waals surface area contributed by atoms with Gasteiger partial charge in [0.2, 0.25) is 5.91 Å². The van der Waals surface area contributed by atoms with Gasteiger partial charge in [-0.25, -0.2) is 0 Å². The molecule has 0 aromatic heterocycles. The Morgan fingerprint density at radius 1 is 1.03 bits per heavy atom. The molecular weight excluding hydrogens is 438 g/mol. The van der Waals surface area contributed by atoms with E-state index in [1.54, 1.807) is 19.2 Å². The van der Waals surface area contributed by atoms with Crippen LogP contribution in [0.5, 0.6) is 5.75 Å². The summed E-state index contributed by atoms with van der Waals surface area (Å²) in [5.74, 6) is 3.09. The van der Waals surface area contributed by atoms with Gasteiger partial charge >= 0.3 is 0 Å². The van der Waals surface area contributed by atoms with Crippen LogP contribution >= 0.6 is 0 Å². The number of hydrogen-bond acceptors (Lipinski definition) is 4. The van der Waals surface area contributed by atoms with Crippen LogP contribution in [0.3, 0.4) is 0 Å². The normalized spacial score (nSPS) is 28.2. The maximum Gasteiger partial charge on any atom is 0.248 e. The zero-order valence-electron chi connectivity index (χ0n) is 21.1. The summed E-state index contributed by atoms with van der Waals surface area (Å²) in [6.07, 6.45) is 9.89. The molecule has 35 heavy (non-hydrogen) atoms. The maximum atomic E-state index is 11.4. The quantitative estimate of drug-likeness (QED) is 0.348. The number of carbonyl (C=O) groups excluding carboxylic acids is 1. The van der Waals surface area contributed by atoms with Gasteiger partial charge < -0.3 is 19.9 Å². The molecule has 0 radical (unpaired) electrons. The number of ether oxygens (including phenoxy) is 3. The lowest BCUT2D eigenvalue weighted by atomic mass is 9.48. The molecule has 4 aliphatic carbocycles. The monoisotopic (exact) mass is 475 g/mol. The van der Waals surface area contributed by atoms with E-state index in [0.29, 0.717) is 5.56 Å². The summed E-state index contributed by atoms with van der Waals surface area (Å²) in [6, 6.07) is 14.1. The van der Waals surface area contributed by atoms with E-state index in [9.17, 15) is 4.79 Å². The Kier molecular flexibility index (Phi) is 6.73. The average molecular weight is 476 g/mol. The van der Waals surface area contributed by atoms with Gasteiger partial charge in [0.25, 0.3) is 0 Å². The van der Waals surface area contributed by atoms with Crippen LogP contribution in [0.1, 0.15) is 79.4 Å². The van der Waals surface area contributed by atoms with E-state index in [1.165, 1.54) is 55.2 Å². The topological polar surface area (TPSA) is 70.8 Å². The number of methoxy groups -OCH3 is 1. The van der Waals surface area contributed by atoms with Crippen LogP contribution in [0.4, 0.5) is 0 Å². The molecule has 1 unspecified atom stereocenters. The summed E-state index contributed by atoms with van der Waals surface area (Å²) in [5, 5.41) is 0. The summed E-state index contributed by atoms with van der Waals surface area (Å²) in [6.45, 7) is 4.19. The maximum absolute atomic E-state index is 11.4. The number of hydrogen-bond donors (Lipinski definition) is 1. The summed E-state index contributed by atoms with van der Waals surface area (Å²) in [7, 11) is 1.64. The zero-order chi connectivity index (χ0) is 24.6. The third-order valence-electron chi connectivity index (χ3n) is 8.47. The average Bonchev–Trinajstić information content (AvgIpc) is 2.83.